The molecular formula is C19H18N2O3S. The molecule has 1 aliphatic rings. The van der Waals surface area contributed by atoms with E-state index in [-0.39, 0.29) is 11.2 Å². The first-order chi connectivity index (χ1) is 12.0. The van der Waals surface area contributed by atoms with Crippen LogP contribution in [0.1, 0.15) is 41.6 Å². The van der Waals surface area contributed by atoms with E-state index in [9.17, 15) is 13.2 Å². The quantitative estimate of drug-likeness (QED) is 0.910. The lowest BCUT2D eigenvalue weighted by Crippen LogP contribution is -2.18. The van der Waals surface area contributed by atoms with Crippen molar-refractivity contribution in [2.45, 2.75) is 35.8 Å². The molecule has 3 rings (SSSR count). The summed E-state index contributed by atoms with van der Waals surface area (Å²) in [6.45, 7) is 0. The molecule has 0 spiro atoms. The highest BCUT2D eigenvalue weighted by molar-refractivity contribution is 7.92. The number of carbonyl (C=O) groups excluding carboxylic acids is 1. The second-order valence-corrected chi connectivity index (χ2v) is 8.35. The molecule has 2 aromatic rings. The van der Waals surface area contributed by atoms with Gasteiger partial charge in [-0.15, -0.1) is 0 Å². The van der Waals surface area contributed by atoms with Gasteiger partial charge in [0.1, 0.15) is 0 Å². The van der Waals surface area contributed by atoms with E-state index in [0.29, 0.717) is 21.7 Å². The summed E-state index contributed by atoms with van der Waals surface area (Å²) in [6, 6.07) is 14.6. The lowest BCUT2D eigenvalue weighted by Gasteiger charge is -2.12. The number of nitrogens with one attached hydrogen (secondary N) is 1. The molecule has 1 amide bonds. The fraction of sp³-hybridized carbons (Fsp3) is 0.263. The minimum Gasteiger partial charge on any atom is -0.322 e. The number of hydrogen-bond acceptors (Lipinski definition) is 4. The number of anilines is 1. The average molecular weight is 354 g/mol. The third-order valence-electron chi connectivity index (χ3n) is 4.46. The minimum absolute atomic E-state index is 0.286. The SMILES string of the molecule is N#Cc1ccc(C(=O)Nc2ccc(S(=O)(=O)C3CCCC3)cc2)cc1. The first-order valence-electron chi connectivity index (χ1n) is 8.16. The molecule has 5 nitrogen and oxygen atoms in total. The number of carbonyl (C=O) groups is 1. The highest BCUT2D eigenvalue weighted by Crippen LogP contribution is 2.30. The molecule has 1 saturated carbocycles. The van der Waals surface area contributed by atoms with Gasteiger partial charge < -0.3 is 5.32 Å². The van der Waals surface area contributed by atoms with Crippen molar-refractivity contribution in [1.82, 2.24) is 0 Å². The normalized spacial score (nSPS) is 14.8. The van der Waals surface area contributed by atoms with E-state index >= 15 is 0 Å². The van der Waals surface area contributed by atoms with Gasteiger partial charge in [0.2, 0.25) is 0 Å². The molecule has 25 heavy (non-hydrogen) atoms. The number of amides is 1. The summed E-state index contributed by atoms with van der Waals surface area (Å²) in [5.41, 5.74) is 1.44. The van der Waals surface area contributed by atoms with Crippen LogP contribution in [0, 0.1) is 11.3 Å². The first kappa shape index (κ1) is 17.2. The number of sulfone groups is 1. The fourth-order valence-corrected chi connectivity index (χ4v) is 4.87. The van der Waals surface area contributed by atoms with Crippen LogP contribution in [0.3, 0.4) is 0 Å². The van der Waals surface area contributed by atoms with Crippen LogP contribution in [-0.2, 0) is 9.84 Å². The van der Waals surface area contributed by atoms with Gasteiger partial charge in [0.15, 0.2) is 9.84 Å². The summed E-state index contributed by atoms with van der Waals surface area (Å²) in [5, 5.41) is 11.2. The Balaban J connectivity index is 1.72. The van der Waals surface area contributed by atoms with Gasteiger partial charge in [-0.05, 0) is 61.4 Å². The molecule has 0 radical (unpaired) electrons. The first-order valence-corrected chi connectivity index (χ1v) is 9.71. The van der Waals surface area contributed by atoms with Gasteiger partial charge in [0, 0.05) is 11.3 Å². The molecule has 0 atom stereocenters. The third kappa shape index (κ3) is 3.72. The number of nitriles is 1. The van der Waals surface area contributed by atoms with Crippen LogP contribution in [-0.4, -0.2) is 19.6 Å². The molecule has 0 bridgehead atoms. The van der Waals surface area contributed by atoms with Crippen LogP contribution < -0.4 is 5.32 Å². The van der Waals surface area contributed by atoms with Gasteiger partial charge in [-0.3, -0.25) is 4.79 Å². The summed E-state index contributed by atoms with van der Waals surface area (Å²) in [4.78, 5) is 12.5. The van der Waals surface area contributed by atoms with Crippen molar-refractivity contribution in [2.75, 3.05) is 5.32 Å². The second kappa shape index (κ2) is 7.08. The van der Waals surface area contributed by atoms with Crippen molar-refractivity contribution in [2.24, 2.45) is 0 Å². The standard InChI is InChI=1S/C19H18N2O3S/c20-13-14-5-7-15(8-6-14)19(22)21-16-9-11-18(12-10-16)25(23,24)17-3-1-2-4-17/h5-12,17H,1-4H2,(H,21,22). The Labute approximate surface area is 147 Å². The van der Waals surface area contributed by atoms with Crippen molar-refractivity contribution >= 4 is 21.4 Å². The van der Waals surface area contributed by atoms with E-state index in [4.69, 9.17) is 5.26 Å². The number of nitrogens with zero attached hydrogens (tertiary/aromatic N) is 1. The van der Waals surface area contributed by atoms with Crippen molar-refractivity contribution in [1.29, 1.82) is 5.26 Å². The van der Waals surface area contributed by atoms with Crippen LogP contribution in [0.25, 0.3) is 0 Å². The Kier molecular flexibility index (Phi) is 4.86. The summed E-state index contributed by atoms with van der Waals surface area (Å²) >= 11 is 0. The highest BCUT2D eigenvalue weighted by atomic mass is 32.2. The van der Waals surface area contributed by atoms with Gasteiger partial charge >= 0.3 is 0 Å². The predicted molar refractivity (Wildman–Crippen MR) is 95.0 cm³/mol. The van der Waals surface area contributed by atoms with E-state index in [0.717, 1.165) is 25.7 Å². The summed E-state index contributed by atoms with van der Waals surface area (Å²) in [6.07, 6.45) is 3.37. The lowest BCUT2D eigenvalue weighted by molar-refractivity contribution is 0.102. The predicted octanol–water partition coefficient (Wildman–Crippen LogP) is 3.53. The Bertz CT molecular complexity index is 905. The summed E-state index contributed by atoms with van der Waals surface area (Å²) in [7, 11) is -3.29. The van der Waals surface area contributed by atoms with Gasteiger partial charge in [0.25, 0.3) is 5.91 Å². The third-order valence-corrected chi connectivity index (χ3v) is 6.74. The Morgan fingerprint density at radius 3 is 2.16 bits per heavy atom. The van der Waals surface area contributed by atoms with Crippen molar-refractivity contribution in [3.8, 4) is 6.07 Å². The summed E-state index contributed by atoms with van der Waals surface area (Å²) in [5.74, 6) is -0.309. The maximum Gasteiger partial charge on any atom is 0.255 e. The van der Waals surface area contributed by atoms with Crippen LogP contribution in [0.4, 0.5) is 5.69 Å². The Morgan fingerprint density at radius 2 is 1.60 bits per heavy atom. The van der Waals surface area contributed by atoms with Crippen LogP contribution >= 0.6 is 0 Å². The van der Waals surface area contributed by atoms with E-state index < -0.39 is 9.84 Å². The molecule has 0 unspecified atom stereocenters. The summed E-state index contributed by atoms with van der Waals surface area (Å²) < 4.78 is 25.1. The van der Waals surface area contributed by atoms with Gasteiger partial charge in [-0.2, -0.15) is 5.26 Å². The average Bonchev–Trinajstić information content (AvgIpc) is 3.18. The highest BCUT2D eigenvalue weighted by Gasteiger charge is 2.30. The van der Waals surface area contributed by atoms with Crippen LogP contribution in [0.2, 0.25) is 0 Å². The van der Waals surface area contributed by atoms with Crippen molar-refractivity contribution in [3.63, 3.8) is 0 Å². The van der Waals surface area contributed by atoms with E-state index in [1.54, 1.807) is 48.5 Å². The van der Waals surface area contributed by atoms with Gasteiger partial charge in [0.05, 0.1) is 21.8 Å². The monoisotopic (exact) mass is 354 g/mol. The molecular weight excluding hydrogens is 336 g/mol. The van der Waals surface area contributed by atoms with Crippen molar-refractivity contribution < 1.29 is 13.2 Å². The molecule has 0 aliphatic heterocycles. The molecule has 1 aliphatic carbocycles. The Hall–Kier alpha value is -2.65. The smallest absolute Gasteiger partial charge is 0.255 e. The van der Waals surface area contributed by atoms with Gasteiger partial charge in [-0.1, -0.05) is 12.8 Å². The fourth-order valence-electron chi connectivity index (χ4n) is 3.02. The Morgan fingerprint density at radius 1 is 1.00 bits per heavy atom. The van der Waals surface area contributed by atoms with Crippen LogP contribution in [0.15, 0.2) is 53.4 Å². The molecule has 0 heterocycles. The molecule has 2 aromatic carbocycles. The number of hydrogen-bond donors (Lipinski definition) is 1. The lowest BCUT2D eigenvalue weighted by atomic mass is 10.1. The van der Waals surface area contributed by atoms with E-state index in [2.05, 4.69) is 5.32 Å². The molecule has 6 heteroatoms. The molecule has 0 aromatic heterocycles. The minimum atomic E-state index is -3.29. The zero-order valence-corrected chi connectivity index (χ0v) is 14.4. The largest absolute Gasteiger partial charge is 0.322 e. The zero-order chi connectivity index (χ0) is 17.9. The van der Waals surface area contributed by atoms with E-state index in [1.165, 1.54) is 0 Å². The van der Waals surface area contributed by atoms with Crippen molar-refractivity contribution in [3.05, 3.63) is 59.7 Å². The zero-order valence-electron chi connectivity index (χ0n) is 13.6. The molecule has 0 saturated heterocycles. The topological polar surface area (TPSA) is 87.0 Å². The maximum absolute atomic E-state index is 12.5. The molecule has 1 fully saturated rings. The number of benzene rings is 2. The van der Waals surface area contributed by atoms with E-state index in [1.807, 2.05) is 6.07 Å². The number of rotatable bonds is 4. The second-order valence-electron chi connectivity index (χ2n) is 6.12. The maximum atomic E-state index is 12.5. The molecule has 1 N–H and O–H groups in total. The van der Waals surface area contributed by atoms with Gasteiger partial charge in [-0.25, -0.2) is 8.42 Å². The molecule has 128 valence electrons. The van der Waals surface area contributed by atoms with Crippen LogP contribution in [0.5, 0.6) is 0 Å².